The Morgan fingerprint density at radius 1 is 0.750 bits per heavy atom. The molecule has 0 bridgehead atoms. The molecule has 0 aliphatic rings. The van der Waals surface area contributed by atoms with E-state index in [1.807, 2.05) is 41.5 Å². The highest BCUT2D eigenvalue weighted by atomic mass is 16.5. The van der Waals surface area contributed by atoms with E-state index in [1.54, 1.807) is 0 Å². The predicted octanol–water partition coefficient (Wildman–Crippen LogP) is 1.96. The summed E-state index contributed by atoms with van der Waals surface area (Å²) >= 11 is 0. The molecule has 0 unspecified atom stereocenters. The Kier molecular flexibility index (Phi) is 28.4. The summed E-state index contributed by atoms with van der Waals surface area (Å²) in [5, 5.41) is 5.22. The second-order valence-corrected chi connectivity index (χ2v) is 5.48. The third kappa shape index (κ3) is 26.7. The zero-order chi connectivity index (χ0) is 22.2. The van der Waals surface area contributed by atoms with Crippen molar-refractivity contribution in [3.8, 4) is 0 Å². The van der Waals surface area contributed by atoms with Crippen molar-refractivity contribution in [3.05, 3.63) is 0 Å². The molecule has 0 aromatic carbocycles. The molecule has 2 amide bonds. The molecule has 0 saturated heterocycles. The highest BCUT2D eigenvalue weighted by molar-refractivity contribution is 5.80. The summed E-state index contributed by atoms with van der Waals surface area (Å²) in [4.78, 5) is 33.3. The summed E-state index contributed by atoms with van der Waals surface area (Å²) in [6, 6.07) is 0. The molecule has 0 radical (unpaired) electrons. The van der Waals surface area contributed by atoms with Gasteiger partial charge in [0.15, 0.2) is 0 Å². The van der Waals surface area contributed by atoms with Crippen molar-refractivity contribution in [2.45, 2.75) is 54.9 Å². The van der Waals surface area contributed by atoms with E-state index < -0.39 is 0 Å². The number of hydrogen-bond donors (Lipinski definition) is 2. The van der Waals surface area contributed by atoms with Gasteiger partial charge in [0.05, 0.1) is 33.0 Å². The molecule has 168 valence electrons. The van der Waals surface area contributed by atoms with Crippen LogP contribution in [0.15, 0.2) is 0 Å². The molecule has 8 heteroatoms. The van der Waals surface area contributed by atoms with Gasteiger partial charge in [0.1, 0.15) is 12.4 Å². The van der Waals surface area contributed by atoms with Crippen molar-refractivity contribution in [2.75, 3.05) is 52.7 Å². The molecule has 0 fully saturated rings. The Labute approximate surface area is 171 Å². The number of rotatable bonds is 15. The quantitative estimate of drug-likeness (QED) is 0.403. The number of Topliss-reactive ketones (excluding diaryl/α,β-unsaturated/α-hetero) is 1. The van der Waals surface area contributed by atoms with E-state index in [2.05, 4.69) is 10.6 Å². The van der Waals surface area contributed by atoms with E-state index >= 15 is 0 Å². The third-order valence-electron chi connectivity index (χ3n) is 2.93. The number of amides is 2. The second-order valence-electron chi connectivity index (χ2n) is 5.48. The minimum atomic E-state index is -0.232. The highest BCUT2D eigenvalue weighted by Crippen LogP contribution is 1.98. The van der Waals surface area contributed by atoms with Gasteiger partial charge < -0.3 is 24.8 Å². The lowest BCUT2D eigenvalue weighted by Gasteiger charge is -2.08. The number of carbonyl (C=O) groups is 3. The Morgan fingerprint density at radius 2 is 1.25 bits per heavy atom. The zero-order valence-electron chi connectivity index (χ0n) is 18.9. The summed E-state index contributed by atoms with van der Waals surface area (Å²) in [7, 11) is 0. The lowest BCUT2D eigenvalue weighted by Crippen LogP contribution is -2.32. The molecule has 0 aliphatic carbocycles. The molecule has 0 aromatic rings. The molecular formula is C20H42N2O6. The molecule has 0 heterocycles. The van der Waals surface area contributed by atoms with Gasteiger partial charge in [-0.2, -0.15) is 0 Å². The smallest absolute Gasteiger partial charge is 0.246 e. The fourth-order valence-corrected chi connectivity index (χ4v) is 1.56. The zero-order valence-corrected chi connectivity index (χ0v) is 18.9. The third-order valence-corrected chi connectivity index (χ3v) is 2.93. The molecule has 0 aliphatic heterocycles. The highest BCUT2D eigenvalue weighted by Gasteiger charge is 2.06. The van der Waals surface area contributed by atoms with E-state index in [0.29, 0.717) is 52.5 Å². The number of nitrogens with one attached hydrogen (secondary N) is 2. The van der Waals surface area contributed by atoms with Crippen LogP contribution in [0.25, 0.3) is 0 Å². The van der Waals surface area contributed by atoms with Crippen molar-refractivity contribution in [3.63, 3.8) is 0 Å². The van der Waals surface area contributed by atoms with Crippen LogP contribution in [-0.4, -0.2) is 70.3 Å². The van der Waals surface area contributed by atoms with Crippen LogP contribution in [0.2, 0.25) is 0 Å². The van der Waals surface area contributed by atoms with E-state index in [1.165, 1.54) is 6.92 Å². The second kappa shape index (κ2) is 25.5. The molecule has 2 N–H and O–H groups in total. The number of ketones is 1. The lowest BCUT2D eigenvalue weighted by molar-refractivity contribution is -0.126. The van der Waals surface area contributed by atoms with Crippen LogP contribution in [0.5, 0.6) is 0 Å². The van der Waals surface area contributed by atoms with Crippen molar-refractivity contribution >= 4 is 17.6 Å². The molecule has 0 spiro atoms. The Hall–Kier alpha value is -1.51. The number of carbonyl (C=O) groups excluding carboxylic acids is 3. The van der Waals surface area contributed by atoms with Crippen LogP contribution < -0.4 is 10.6 Å². The first kappa shape index (κ1) is 31.2. The molecule has 0 aromatic heterocycles. The van der Waals surface area contributed by atoms with Crippen molar-refractivity contribution < 1.29 is 28.6 Å². The maximum absolute atomic E-state index is 11.4. The SMILES string of the molecule is CC.CC.CC(=O)NCCOCC(=O)NCCOCCOCCC(=O)C(C)C. The Balaban J connectivity index is -0.00000146. The number of hydrogen-bond acceptors (Lipinski definition) is 6. The normalized spacial score (nSPS) is 9.57. The molecule has 0 saturated carbocycles. The van der Waals surface area contributed by atoms with E-state index in [9.17, 15) is 14.4 Å². The topological polar surface area (TPSA) is 103 Å². The van der Waals surface area contributed by atoms with E-state index in [0.717, 1.165) is 0 Å². The van der Waals surface area contributed by atoms with Crippen molar-refractivity contribution in [2.24, 2.45) is 5.92 Å². The molecule has 0 rings (SSSR count). The fraction of sp³-hybridized carbons (Fsp3) is 0.850. The van der Waals surface area contributed by atoms with Gasteiger partial charge >= 0.3 is 0 Å². The van der Waals surface area contributed by atoms with Crippen molar-refractivity contribution in [1.29, 1.82) is 0 Å². The molecule has 0 atom stereocenters. The Morgan fingerprint density at radius 3 is 1.79 bits per heavy atom. The first-order chi connectivity index (χ1) is 13.4. The average molecular weight is 407 g/mol. The van der Waals surface area contributed by atoms with E-state index in [4.69, 9.17) is 14.2 Å². The minimum Gasteiger partial charge on any atom is -0.379 e. The lowest BCUT2D eigenvalue weighted by atomic mass is 10.1. The van der Waals surface area contributed by atoms with Crippen LogP contribution in [0.4, 0.5) is 0 Å². The Bertz CT molecular complexity index is 376. The van der Waals surface area contributed by atoms with Gasteiger partial charge in [-0.25, -0.2) is 0 Å². The van der Waals surface area contributed by atoms with Crippen LogP contribution in [-0.2, 0) is 28.6 Å². The predicted molar refractivity (Wildman–Crippen MR) is 111 cm³/mol. The number of ether oxygens (including phenoxy) is 3. The summed E-state index contributed by atoms with van der Waals surface area (Å²) < 4.78 is 15.7. The van der Waals surface area contributed by atoms with Gasteiger partial charge in [-0.1, -0.05) is 41.5 Å². The largest absolute Gasteiger partial charge is 0.379 e. The first-order valence-electron chi connectivity index (χ1n) is 10.2. The van der Waals surface area contributed by atoms with Gasteiger partial charge in [-0.15, -0.1) is 0 Å². The monoisotopic (exact) mass is 406 g/mol. The maximum atomic E-state index is 11.4. The van der Waals surface area contributed by atoms with Crippen molar-refractivity contribution in [1.82, 2.24) is 10.6 Å². The first-order valence-corrected chi connectivity index (χ1v) is 10.2. The van der Waals surface area contributed by atoms with Gasteiger partial charge in [-0.3, -0.25) is 14.4 Å². The molecular weight excluding hydrogens is 364 g/mol. The van der Waals surface area contributed by atoms with E-state index in [-0.39, 0.29) is 30.1 Å². The fourth-order valence-electron chi connectivity index (χ4n) is 1.56. The van der Waals surface area contributed by atoms with Crippen LogP contribution in [0, 0.1) is 5.92 Å². The minimum absolute atomic E-state index is 0.0443. The maximum Gasteiger partial charge on any atom is 0.246 e. The van der Waals surface area contributed by atoms with Crippen LogP contribution in [0.3, 0.4) is 0 Å². The van der Waals surface area contributed by atoms with Gasteiger partial charge in [0, 0.05) is 32.4 Å². The van der Waals surface area contributed by atoms with Gasteiger partial charge in [0.25, 0.3) is 0 Å². The molecule has 28 heavy (non-hydrogen) atoms. The van der Waals surface area contributed by atoms with Gasteiger partial charge in [0.2, 0.25) is 11.8 Å². The summed E-state index contributed by atoms with van der Waals surface area (Å²) in [5.41, 5.74) is 0. The van der Waals surface area contributed by atoms with Gasteiger partial charge in [-0.05, 0) is 0 Å². The summed E-state index contributed by atoms with van der Waals surface area (Å²) in [5.74, 6) is -0.124. The summed E-state index contributed by atoms with van der Waals surface area (Å²) in [6.07, 6.45) is 0.426. The molecule has 8 nitrogen and oxygen atoms in total. The van der Waals surface area contributed by atoms with Crippen LogP contribution >= 0.6 is 0 Å². The standard InChI is InChI=1S/C16H30N2O6.2C2H6/c1-13(2)15(20)4-7-22-10-11-23-8-6-18-16(21)12-24-9-5-17-14(3)19;2*1-2/h13H,4-12H2,1-3H3,(H,17,19)(H,18,21);2*1-2H3. The summed E-state index contributed by atoms with van der Waals surface area (Å²) in [6.45, 7) is 15.8. The average Bonchev–Trinajstić information content (AvgIpc) is 2.69. The van der Waals surface area contributed by atoms with Crippen LogP contribution in [0.1, 0.15) is 54.9 Å².